The lowest BCUT2D eigenvalue weighted by Gasteiger charge is -2.13. The minimum absolute atomic E-state index is 0.167. The molecule has 5 nitrogen and oxygen atoms in total. The third kappa shape index (κ3) is 5.53. The lowest BCUT2D eigenvalue weighted by Crippen LogP contribution is -2.41. The molecule has 1 unspecified atom stereocenters. The van der Waals surface area contributed by atoms with Gasteiger partial charge in [0.1, 0.15) is 6.04 Å². The molecular formula is C9H18N2O3. The number of carboxylic acids is 1. The Morgan fingerprint density at radius 2 is 2.14 bits per heavy atom. The summed E-state index contributed by atoms with van der Waals surface area (Å²) in [5.41, 5.74) is 0. The van der Waals surface area contributed by atoms with Gasteiger partial charge in [-0.1, -0.05) is 6.92 Å². The molecule has 14 heavy (non-hydrogen) atoms. The predicted octanol–water partition coefficient (Wildman–Crippen LogP) is -0.0825. The maximum absolute atomic E-state index is 11.4. The molecule has 0 spiro atoms. The molecule has 82 valence electrons. The van der Waals surface area contributed by atoms with Gasteiger partial charge in [-0.15, -0.1) is 0 Å². The van der Waals surface area contributed by atoms with Crippen molar-refractivity contribution in [2.24, 2.45) is 0 Å². The number of carboxylic acid groups (broad SMARTS) is 1. The van der Waals surface area contributed by atoms with Crippen LogP contribution >= 0.6 is 0 Å². The highest BCUT2D eigenvalue weighted by Gasteiger charge is 2.16. The molecule has 0 fully saturated rings. The Hall–Kier alpha value is -1.10. The van der Waals surface area contributed by atoms with Crippen LogP contribution in [0.3, 0.4) is 0 Å². The van der Waals surface area contributed by atoms with Gasteiger partial charge in [0.25, 0.3) is 0 Å². The molecular weight excluding hydrogens is 184 g/mol. The first-order chi connectivity index (χ1) is 6.90. The zero-order valence-corrected chi connectivity index (χ0v) is 8.86. The molecule has 0 rings (SSSR count). The topological polar surface area (TPSA) is 69.6 Å². The van der Waals surface area contributed by atoms with E-state index >= 15 is 0 Å². The van der Waals surface area contributed by atoms with Gasteiger partial charge in [0.2, 0.25) is 5.91 Å². The zero-order valence-electron chi connectivity index (χ0n) is 9.86. The van der Waals surface area contributed by atoms with Crippen molar-refractivity contribution in [2.75, 3.05) is 20.6 Å². The number of carbonyl (C=O) groups excluding carboxylic acids is 1. The van der Waals surface area contributed by atoms with Crippen LogP contribution in [0, 0.1) is 0 Å². The molecule has 0 aromatic carbocycles. The van der Waals surface area contributed by atoms with Gasteiger partial charge in [0.05, 0.1) is 0 Å². The van der Waals surface area contributed by atoms with Crippen LogP contribution in [-0.2, 0) is 9.59 Å². The van der Waals surface area contributed by atoms with E-state index in [0.29, 0.717) is 11.9 Å². The second kappa shape index (κ2) is 6.37. The molecule has 2 N–H and O–H groups in total. The fraction of sp³-hybridized carbons (Fsp3) is 0.778. The molecule has 1 atom stereocenters. The maximum Gasteiger partial charge on any atom is 0.326 e. The Morgan fingerprint density at radius 1 is 1.57 bits per heavy atom. The van der Waals surface area contributed by atoms with Crippen molar-refractivity contribution in [1.29, 1.82) is 0 Å². The standard InChI is InChI=1S/C9H18N2O3/c1-4-7(9(13)14)10-8(12)5-6-11(2)3/h7H,4-6H2,1-3H3,(H,10,12)(H,13,14)/i/hD. The van der Waals surface area contributed by atoms with E-state index in [-0.39, 0.29) is 12.8 Å². The summed E-state index contributed by atoms with van der Waals surface area (Å²) in [6.07, 6.45) is 0.410. The number of hydrogen-bond donors (Lipinski definition) is 2. The van der Waals surface area contributed by atoms with Crippen molar-refractivity contribution in [3.63, 3.8) is 0 Å². The quantitative estimate of drug-likeness (QED) is 0.633. The molecule has 0 bridgehead atoms. The summed E-state index contributed by atoms with van der Waals surface area (Å²) in [4.78, 5) is 23.9. The summed E-state index contributed by atoms with van der Waals surface area (Å²) in [6.45, 7) is 2.16. The fourth-order valence-corrected chi connectivity index (χ4v) is 0.879. The molecule has 0 aliphatic carbocycles. The molecule has 0 aliphatic rings. The van der Waals surface area contributed by atoms with E-state index in [0.717, 1.165) is 0 Å². The van der Waals surface area contributed by atoms with Crippen LogP contribution in [0.5, 0.6) is 0 Å². The van der Waals surface area contributed by atoms with E-state index in [1.165, 1.54) is 0 Å². The minimum atomic E-state index is -1.13. The van der Waals surface area contributed by atoms with Crippen LogP contribution in [0.15, 0.2) is 0 Å². The second-order valence-electron chi connectivity index (χ2n) is 3.34. The Morgan fingerprint density at radius 3 is 2.50 bits per heavy atom. The number of carbonyl (C=O) groups is 2. The lowest BCUT2D eigenvalue weighted by atomic mass is 10.2. The van der Waals surface area contributed by atoms with Gasteiger partial charge < -0.3 is 15.3 Å². The summed E-state index contributed by atoms with van der Waals surface area (Å²) in [6, 6.07) is -1.04. The molecule has 0 heterocycles. The Balaban J connectivity index is 4.22. The number of nitrogens with one attached hydrogen (secondary N) is 1. The van der Waals surface area contributed by atoms with Crippen molar-refractivity contribution in [1.82, 2.24) is 10.2 Å². The summed E-state index contributed by atoms with van der Waals surface area (Å²) in [5.74, 6) is -1.59. The highest BCUT2D eigenvalue weighted by molar-refractivity contribution is 5.83. The van der Waals surface area contributed by atoms with Crippen molar-refractivity contribution in [3.05, 3.63) is 0 Å². The minimum Gasteiger partial charge on any atom is -0.480 e. The number of amides is 1. The molecule has 1 amide bonds. The van der Waals surface area contributed by atoms with Gasteiger partial charge >= 0.3 is 5.97 Å². The first kappa shape index (κ1) is 11.0. The Bertz CT molecular complexity index is 233. The number of aliphatic carboxylic acids is 1. The summed E-state index contributed by atoms with van der Waals surface area (Å²) in [7, 11) is 3.63. The molecule has 0 saturated heterocycles. The van der Waals surface area contributed by atoms with E-state index in [9.17, 15) is 9.59 Å². The highest BCUT2D eigenvalue weighted by Crippen LogP contribution is 1.92. The largest absolute Gasteiger partial charge is 0.480 e. The van der Waals surface area contributed by atoms with Crippen molar-refractivity contribution in [3.8, 4) is 0 Å². The van der Waals surface area contributed by atoms with Gasteiger partial charge in [-0.25, -0.2) is 4.79 Å². The highest BCUT2D eigenvalue weighted by atomic mass is 16.4. The van der Waals surface area contributed by atoms with Crippen LogP contribution in [0.4, 0.5) is 0 Å². The van der Waals surface area contributed by atoms with E-state index in [1.54, 1.807) is 6.92 Å². The van der Waals surface area contributed by atoms with Crippen LogP contribution in [0.1, 0.15) is 19.8 Å². The fourth-order valence-electron chi connectivity index (χ4n) is 0.879. The smallest absolute Gasteiger partial charge is 0.326 e. The van der Waals surface area contributed by atoms with Crippen LogP contribution in [0.2, 0.25) is 1.41 Å². The third-order valence-corrected chi connectivity index (χ3v) is 1.74. The first-order valence-corrected chi connectivity index (χ1v) is 4.58. The SMILES string of the molecule is [2H]N(C(=O)CCN(C)C)C(CC)C(=O)O. The molecule has 0 aliphatic heterocycles. The van der Waals surface area contributed by atoms with E-state index in [1.807, 2.05) is 19.0 Å². The van der Waals surface area contributed by atoms with Gasteiger partial charge in [0, 0.05) is 13.0 Å². The van der Waals surface area contributed by atoms with Crippen molar-refractivity contribution >= 4 is 11.9 Å². The maximum atomic E-state index is 11.4. The number of hydrogen-bond acceptors (Lipinski definition) is 3. The predicted molar refractivity (Wildman–Crippen MR) is 53.0 cm³/mol. The van der Waals surface area contributed by atoms with Gasteiger partial charge in [-0.05, 0) is 20.5 Å². The lowest BCUT2D eigenvalue weighted by molar-refractivity contribution is -0.141. The Kier molecular flexibility index (Phi) is 4.99. The summed E-state index contributed by atoms with van der Waals surface area (Å²) < 4.78 is 7.39. The first-order valence-electron chi connectivity index (χ1n) is 5.03. The van der Waals surface area contributed by atoms with Crippen molar-refractivity contribution < 1.29 is 16.1 Å². The molecule has 5 heteroatoms. The van der Waals surface area contributed by atoms with Crippen LogP contribution in [0.25, 0.3) is 0 Å². The average Bonchev–Trinajstić information content (AvgIpc) is 2.14. The molecule has 0 radical (unpaired) electrons. The summed E-state index contributed by atoms with van der Waals surface area (Å²) in [5, 5.41) is 9.31. The van der Waals surface area contributed by atoms with Gasteiger partial charge in [-0.3, -0.25) is 4.79 Å². The number of nitrogens with zero attached hydrogens (tertiary/aromatic N) is 1. The van der Waals surface area contributed by atoms with Crippen molar-refractivity contribution in [2.45, 2.75) is 25.8 Å². The molecule has 0 aromatic rings. The third-order valence-electron chi connectivity index (χ3n) is 1.74. The van der Waals surface area contributed by atoms with Crippen LogP contribution in [-0.4, -0.2) is 48.6 Å². The van der Waals surface area contributed by atoms with E-state index in [2.05, 4.69) is 0 Å². The molecule has 0 saturated carbocycles. The zero-order chi connectivity index (χ0) is 12.0. The monoisotopic (exact) mass is 203 g/mol. The average molecular weight is 203 g/mol. The normalized spacial score (nSPS) is 13.6. The van der Waals surface area contributed by atoms with Crippen LogP contribution < -0.4 is 5.31 Å². The second-order valence-corrected chi connectivity index (χ2v) is 3.34. The molecule has 0 aromatic heterocycles. The Labute approximate surface area is 85.5 Å². The van der Waals surface area contributed by atoms with Gasteiger partial charge in [0.15, 0.2) is 1.41 Å². The van der Waals surface area contributed by atoms with E-state index in [4.69, 9.17) is 6.52 Å². The number of rotatable bonds is 6. The summed E-state index contributed by atoms with van der Waals surface area (Å²) >= 11 is 0. The van der Waals surface area contributed by atoms with Gasteiger partial charge in [-0.2, -0.15) is 0 Å². The van der Waals surface area contributed by atoms with E-state index < -0.39 is 17.9 Å².